The second kappa shape index (κ2) is 6.54. The van der Waals surface area contributed by atoms with Gasteiger partial charge < -0.3 is 15.6 Å². The van der Waals surface area contributed by atoms with Crippen LogP contribution in [-0.2, 0) is 11.2 Å². The van der Waals surface area contributed by atoms with Gasteiger partial charge in [-0.25, -0.2) is 0 Å². The quantitative estimate of drug-likeness (QED) is 0.911. The number of hydrogen-bond donors (Lipinski definition) is 2. The van der Waals surface area contributed by atoms with E-state index in [1.165, 1.54) is 0 Å². The van der Waals surface area contributed by atoms with E-state index in [4.69, 9.17) is 5.73 Å². The Kier molecular flexibility index (Phi) is 4.51. The number of rotatable bonds is 3. The number of H-pyrrole nitrogens is 1. The molecule has 1 aliphatic rings. The van der Waals surface area contributed by atoms with E-state index in [1.807, 2.05) is 41.1 Å². The summed E-state index contributed by atoms with van der Waals surface area (Å²) >= 11 is 1.92. The maximum Gasteiger partial charge on any atom is 0.239 e. The predicted molar refractivity (Wildman–Crippen MR) is 88.5 cm³/mol. The summed E-state index contributed by atoms with van der Waals surface area (Å²) < 4.78 is 0. The van der Waals surface area contributed by atoms with E-state index in [-0.39, 0.29) is 5.91 Å². The van der Waals surface area contributed by atoms with Crippen LogP contribution >= 0.6 is 11.8 Å². The van der Waals surface area contributed by atoms with E-state index in [0.717, 1.165) is 47.5 Å². The van der Waals surface area contributed by atoms with Gasteiger partial charge in [-0.05, 0) is 30.2 Å². The Morgan fingerprint density at radius 3 is 3.10 bits per heavy atom. The molecule has 4 nitrogen and oxygen atoms in total. The lowest BCUT2D eigenvalue weighted by molar-refractivity contribution is -0.132. The fourth-order valence-corrected chi connectivity index (χ4v) is 3.71. The highest BCUT2D eigenvalue weighted by Gasteiger charge is 2.22. The molecule has 1 aromatic heterocycles. The molecule has 0 unspecified atom stereocenters. The Morgan fingerprint density at radius 2 is 2.19 bits per heavy atom. The Morgan fingerprint density at radius 1 is 1.33 bits per heavy atom. The Bertz CT molecular complexity index is 617. The highest BCUT2D eigenvalue weighted by atomic mass is 32.2. The number of benzene rings is 1. The molecule has 3 N–H and O–H groups in total. The van der Waals surface area contributed by atoms with Crippen molar-refractivity contribution in [1.82, 2.24) is 9.88 Å². The maximum absolute atomic E-state index is 12.5. The van der Waals surface area contributed by atoms with Gasteiger partial charge in [0.05, 0.1) is 6.04 Å². The minimum absolute atomic E-state index is 0.0859. The smallest absolute Gasteiger partial charge is 0.239 e. The van der Waals surface area contributed by atoms with Crippen LogP contribution in [0.15, 0.2) is 30.5 Å². The predicted octanol–water partition coefficient (Wildman–Crippen LogP) is 2.00. The molecule has 1 saturated heterocycles. The van der Waals surface area contributed by atoms with Crippen molar-refractivity contribution >= 4 is 28.6 Å². The molecule has 0 saturated carbocycles. The van der Waals surface area contributed by atoms with Crippen LogP contribution in [0.25, 0.3) is 10.9 Å². The van der Waals surface area contributed by atoms with Crippen molar-refractivity contribution < 1.29 is 4.79 Å². The number of amides is 1. The SMILES string of the molecule is N[C@@H](Cc1c[nH]c2ccccc12)C(=O)N1CCCSCC1. The van der Waals surface area contributed by atoms with Gasteiger partial charge in [-0.15, -0.1) is 0 Å². The lowest BCUT2D eigenvalue weighted by Gasteiger charge is -2.23. The van der Waals surface area contributed by atoms with Gasteiger partial charge in [-0.3, -0.25) is 4.79 Å². The Balaban J connectivity index is 1.70. The minimum Gasteiger partial charge on any atom is -0.361 e. The molecule has 1 amide bonds. The van der Waals surface area contributed by atoms with Crippen molar-refractivity contribution in [3.8, 4) is 0 Å². The van der Waals surface area contributed by atoms with Crippen LogP contribution in [0.4, 0.5) is 0 Å². The van der Waals surface area contributed by atoms with Crippen LogP contribution < -0.4 is 5.73 Å². The van der Waals surface area contributed by atoms with Crippen LogP contribution in [0.1, 0.15) is 12.0 Å². The van der Waals surface area contributed by atoms with Crippen LogP contribution in [0.2, 0.25) is 0 Å². The number of aromatic nitrogens is 1. The van der Waals surface area contributed by atoms with E-state index < -0.39 is 6.04 Å². The summed E-state index contributed by atoms with van der Waals surface area (Å²) in [5.41, 5.74) is 8.39. The summed E-state index contributed by atoms with van der Waals surface area (Å²) in [7, 11) is 0. The number of carbonyl (C=O) groups excluding carboxylic acids is 1. The number of nitrogens with two attached hydrogens (primary N) is 1. The second-order valence-electron chi connectivity index (χ2n) is 5.46. The number of fused-ring (bicyclic) bond motifs is 1. The lowest BCUT2D eigenvalue weighted by Crippen LogP contribution is -2.45. The number of nitrogens with one attached hydrogen (secondary N) is 1. The molecule has 1 atom stereocenters. The zero-order chi connectivity index (χ0) is 14.7. The molecule has 112 valence electrons. The van der Waals surface area contributed by atoms with E-state index in [9.17, 15) is 4.79 Å². The number of nitrogens with zero attached hydrogens (tertiary/aromatic N) is 1. The molecule has 1 aromatic carbocycles. The number of aromatic amines is 1. The van der Waals surface area contributed by atoms with Gasteiger partial charge in [0.15, 0.2) is 0 Å². The van der Waals surface area contributed by atoms with E-state index in [0.29, 0.717) is 6.42 Å². The van der Waals surface area contributed by atoms with Gasteiger partial charge in [0.1, 0.15) is 0 Å². The Labute approximate surface area is 129 Å². The molecule has 21 heavy (non-hydrogen) atoms. The van der Waals surface area contributed by atoms with Crippen molar-refractivity contribution in [2.24, 2.45) is 5.73 Å². The average molecular weight is 303 g/mol. The number of para-hydroxylation sites is 1. The monoisotopic (exact) mass is 303 g/mol. The highest BCUT2D eigenvalue weighted by molar-refractivity contribution is 7.99. The number of thioether (sulfide) groups is 1. The first kappa shape index (κ1) is 14.5. The molecule has 2 aromatic rings. The Hall–Kier alpha value is -1.46. The third-order valence-electron chi connectivity index (χ3n) is 3.97. The largest absolute Gasteiger partial charge is 0.361 e. The summed E-state index contributed by atoms with van der Waals surface area (Å²) in [5, 5.41) is 1.16. The second-order valence-corrected chi connectivity index (χ2v) is 6.69. The molecular weight excluding hydrogens is 282 g/mol. The standard InChI is InChI=1S/C16H21N3OS/c17-14(16(20)19-6-3-8-21-9-7-19)10-12-11-18-15-5-2-1-4-13(12)15/h1-2,4-5,11,14,18H,3,6-10,17H2/t14-/m0/s1. The maximum atomic E-state index is 12.5. The molecule has 3 rings (SSSR count). The van der Waals surface area contributed by atoms with Gasteiger partial charge in [0, 0.05) is 35.9 Å². The first-order valence-corrected chi connectivity index (χ1v) is 8.58. The molecule has 1 fully saturated rings. The summed E-state index contributed by atoms with van der Waals surface area (Å²) in [6, 6.07) is 7.67. The van der Waals surface area contributed by atoms with Crippen molar-refractivity contribution in [1.29, 1.82) is 0 Å². The zero-order valence-corrected chi connectivity index (χ0v) is 12.9. The summed E-state index contributed by atoms with van der Waals surface area (Å²) in [6.07, 6.45) is 3.62. The normalized spacial score (nSPS) is 17.7. The van der Waals surface area contributed by atoms with Gasteiger partial charge in [0.2, 0.25) is 5.91 Å². The van der Waals surface area contributed by atoms with Gasteiger partial charge in [-0.1, -0.05) is 18.2 Å². The zero-order valence-electron chi connectivity index (χ0n) is 12.0. The molecule has 2 heterocycles. The van der Waals surface area contributed by atoms with Gasteiger partial charge in [-0.2, -0.15) is 11.8 Å². The number of hydrogen-bond acceptors (Lipinski definition) is 3. The summed E-state index contributed by atoms with van der Waals surface area (Å²) in [5.74, 6) is 2.25. The van der Waals surface area contributed by atoms with Gasteiger partial charge >= 0.3 is 0 Å². The van der Waals surface area contributed by atoms with E-state index in [2.05, 4.69) is 11.1 Å². The van der Waals surface area contributed by atoms with Crippen LogP contribution in [0, 0.1) is 0 Å². The van der Waals surface area contributed by atoms with Crippen LogP contribution in [-0.4, -0.2) is 46.4 Å². The third kappa shape index (κ3) is 3.24. The molecule has 5 heteroatoms. The lowest BCUT2D eigenvalue weighted by atomic mass is 10.0. The molecule has 0 bridgehead atoms. The average Bonchev–Trinajstić information content (AvgIpc) is 2.74. The number of carbonyl (C=O) groups is 1. The fourth-order valence-electron chi connectivity index (χ4n) is 2.83. The van der Waals surface area contributed by atoms with Crippen molar-refractivity contribution in [3.05, 3.63) is 36.0 Å². The molecule has 0 spiro atoms. The van der Waals surface area contributed by atoms with Crippen molar-refractivity contribution in [2.45, 2.75) is 18.9 Å². The molecule has 1 aliphatic heterocycles. The molecule has 0 aliphatic carbocycles. The fraction of sp³-hybridized carbons (Fsp3) is 0.438. The first-order valence-electron chi connectivity index (χ1n) is 7.43. The van der Waals surface area contributed by atoms with Gasteiger partial charge in [0.25, 0.3) is 0 Å². The minimum atomic E-state index is -0.452. The van der Waals surface area contributed by atoms with Crippen molar-refractivity contribution in [2.75, 3.05) is 24.6 Å². The van der Waals surface area contributed by atoms with Crippen molar-refractivity contribution in [3.63, 3.8) is 0 Å². The first-order chi connectivity index (χ1) is 10.3. The topological polar surface area (TPSA) is 62.1 Å². The third-order valence-corrected chi connectivity index (χ3v) is 5.01. The molecular formula is C16H21N3OS. The van der Waals surface area contributed by atoms with Crippen LogP contribution in [0.3, 0.4) is 0 Å². The summed E-state index contributed by atoms with van der Waals surface area (Å²) in [4.78, 5) is 17.7. The van der Waals surface area contributed by atoms with E-state index >= 15 is 0 Å². The van der Waals surface area contributed by atoms with E-state index in [1.54, 1.807) is 0 Å². The highest BCUT2D eigenvalue weighted by Crippen LogP contribution is 2.19. The summed E-state index contributed by atoms with van der Waals surface area (Å²) in [6.45, 7) is 1.67. The van der Waals surface area contributed by atoms with Crippen LogP contribution in [0.5, 0.6) is 0 Å². The molecule has 0 radical (unpaired) electrons.